The van der Waals surface area contributed by atoms with Gasteiger partial charge in [0.2, 0.25) is 5.82 Å². The number of nitro groups is 1. The Kier molecular flexibility index (Phi) is 4.02. The number of rotatable bonds is 4. The molecule has 1 rings (SSSR count). The lowest BCUT2D eigenvalue weighted by Crippen LogP contribution is -2.07. The first-order valence-electron chi connectivity index (χ1n) is 4.00. The molecule has 0 aliphatic carbocycles. The summed E-state index contributed by atoms with van der Waals surface area (Å²) in [4.78, 5) is 8.03. The molecule has 0 amide bonds. The Morgan fingerprint density at radius 1 is 1.39 bits per heavy atom. The fourth-order valence-corrected chi connectivity index (χ4v) is 2.00. The molecule has 0 atom stereocenters. The summed E-state index contributed by atoms with van der Waals surface area (Å²) in [5.74, 6) is -2.64. The van der Waals surface area contributed by atoms with Crippen molar-refractivity contribution in [2.75, 3.05) is 0 Å². The SMILES string of the molecule is O=[N+]([O-])c1cc(S(=O)(=O)Cl)c(OC(F)F)cc1F. The van der Waals surface area contributed by atoms with Crippen molar-refractivity contribution in [3.8, 4) is 5.75 Å². The normalized spacial score (nSPS) is 11.6. The van der Waals surface area contributed by atoms with Gasteiger partial charge in [-0.2, -0.15) is 13.2 Å². The topological polar surface area (TPSA) is 86.5 Å². The van der Waals surface area contributed by atoms with E-state index in [1.807, 2.05) is 0 Å². The van der Waals surface area contributed by atoms with Gasteiger partial charge in [-0.15, -0.1) is 0 Å². The second-order valence-electron chi connectivity index (χ2n) is 2.82. The van der Waals surface area contributed by atoms with Gasteiger partial charge in [-0.05, 0) is 0 Å². The van der Waals surface area contributed by atoms with Crippen LogP contribution in [0.3, 0.4) is 0 Å². The predicted molar refractivity (Wildman–Crippen MR) is 52.7 cm³/mol. The summed E-state index contributed by atoms with van der Waals surface area (Å²) in [7, 11) is 0.269. The lowest BCUT2D eigenvalue weighted by atomic mass is 10.3. The molecule has 0 unspecified atom stereocenters. The number of nitro benzene ring substituents is 1. The summed E-state index contributed by atoms with van der Waals surface area (Å²) in [5.41, 5.74) is -1.23. The van der Waals surface area contributed by atoms with Gasteiger partial charge >= 0.3 is 12.3 Å². The van der Waals surface area contributed by atoms with E-state index in [1.165, 1.54) is 0 Å². The molecule has 0 bridgehead atoms. The Hall–Kier alpha value is -1.55. The van der Waals surface area contributed by atoms with Crippen molar-refractivity contribution in [2.45, 2.75) is 11.5 Å². The van der Waals surface area contributed by atoms with E-state index in [0.29, 0.717) is 0 Å². The molecule has 18 heavy (non-hydrogen) atoms. The minimum absolute atomic E-state index is 0.152. The number of halogens is 4. The molecule has 0 aromatic heterocycles. The van der Waals surface area contributed by atoms with Crippen molar-refractivity contribution in [2.24, 2.45) is 0 Å². The molecular weight excluding hydrogens is 303 g/mol. The highest BCUT2D eigenvalue weighted by Crippen LogP contribution is 2.33. The van der Waals surface area contributed by atoms with Crippen molar-refractivity contribution < 1.29 is 31.2 Å². The van der Waals surface area contributed by atoms with E-state index in [-0.39, 0.29) is 12.1 Å². The predicted octanol–water partition coefficient (Wildman–Crippen LogP) is 2.26. The molecule has 11 heteroatoms. The Morgan fingerprint density at radius 2 is 1.94 bits per heavy atom. The monoisotopic (exact) mass is 305 g/mol. The standard InChI is InChI=1S/C7H3ClF3NO5S/c8-18(15,16)6-2-4(12(13)14)3(9)1-5(6)17-7(10)11/h1-2,7H. The number of alkyl halides is 2. The number of hydrogen-bond donors (Lipinski definition) is 0. The molecule has 0 aliphatic heterocycles. The van der Waals surface area contributed by atoms with Gasteiger partial charge < -0.3 is 4.74 Å². The summed E-state index contributed by atoms with van der Waals surface area (Å²) < 4.78 is 62.8. The van der Waals surface area contributed by atoms with Gasteiger partial charge in [0.15, 0.2) is 0 Å². The molecule has 0 heterocycles. The molecule has 0 radical (unpaired) electrons. The summed E-state index contributed by atoms with van der Waals surface area (Å²) in [5, 5.41) is 10.4. The minimum atomic E-state index is -4.61. The fraction of sp³-hybridized carbons (Fsp3) is 0.143. The highest BCUT2D eigenvalue weighted by Gasteiger charge is 2.27. The van der Waals surface area contributed by atoms with E-state index in [0.717, 1.165) is 0 Å². The van der Waals surface area contributed by atoms with E-state index in [1.54, 1.807) is 0 Å². The average molecular weight is 306 g/mol. The third kappa shape index (κ3) is 3.23. The molecule has 100 valence electrons. The molecule has 0 spiro atoms. The molecule has 0 saturated heterocycles. The van der Waals surface area contributed by atoms with Crippen LogP contribution in [0.4, 0.5) is 18.9 Å². The lowest BCUT2D eigenvalue weighted by molar-refractivity contribution is -0.387. The molecule has 0 aliphatic rings. The zero-order valence-corrected chi connectivity index (χ0v) is 9.71. The van der Waals surface area contributed by atoms with Crippen LogP contribution in [0.15, 0.2) is 17.0 Å². The number of nitrogens with zero attached hydrogens (tertiary/aromatic N) is 1. The first kappa shape index (κ1) is 14.5. The van der Waals surface area contributed by atoms with Crippen LogP contribution >= 0.6 is 10.7 Å². The van der Waals surface area contributed by atoms with Gasteiger partial charge in [0.05, 0.1) is 4.92 Å². The second-order valence-corrected chi connectivity index (χ2v) is 5.36. The van der Waals surface area contributed by atoms with Crippen molar-refractivity contribution >= 4 is 25.4 Å². The van der Waals surface area contributed by atoms with Gasteiger partial charge in [-0.1, -0.05) is 0 Å². The largest absolute Gasteiger partial charge is 0.433 e. The van der Waals surface area contributed by atoms with E-state index < -0.39 is 42.7 Å². The van der Waals surface area contributed by atoms with Crippen LogP contribution in [0.1, 0.15) is 0 Å². The van der Waals surface area contributed by atoms with Crippen LogP contribution in [0, 0.1) is 15.9 Å². The van der Waals surface area contributed by atoms with Gasteiger partial charge in [0.25, 0.3) is 9.05 Å². The quantitative estimate of drug-likeness (QED) is 0.484. The summed E-state index contributed by atoms with van der Waals surface area (Å²) in [6.07, 6.45) is 0. The zero-order chi connectivity index (χ0) is 14.1. The molecule has 6 nitrogen and oxygen atoms in total. The molecular formula is C7H3ClF3NO5S. The minimum Gasteiger partial charge on any atom is -0.433 e. The van der Waals surface area contributed by atoms with Crippen molar-refractivity contribution in [3.05, 3.63) is 28.1 Å². The van der Waals surface area contributed by atoms with Gasteiger partial charge in [0, 0.05) is 22.8 Å². The summed E-state index contributed by atoms with van der Waals surface area (Å²) in [6.45, 7) is -3.44. The highest BCUT2D eigenvalue weighted by molar-refractivity contribution is 8.13. The molecule has 1 aromatic rings. The van der Waals surface area contributed by atoms with Gasteiger partial charge in [0.1, 0.15) is 10.6 Å². The highest BCUT2D eigenvalue weighted by atomic mass is 35.7. The van der Waals surface area contributed by atoms with Crippen LogP contribution in [-0.2, 0) is 9.05 Å². The Bertz CT molecular complexity index is 591. The summed E-state index contributed by atoms with van der Waals surface area (Å²) >= 11 is 0. The lowest BCUT2D eigenvalue weighted by Gasteiger charge is -2.08. The van der Waals surface area contributed by atoms with Crippen LogP contribution in [0.2, 0.25) is 0 Å². The molecule has 1 aromatic carbocycles. The second kappa shape index (κ2) is 4.98. The van der Waals surface area contributed by atoms with Gasteiger partial charge in [-0.25, -0.2) is 8.42 Å². The van der Waals surface area contributed by atoms with Crippen LogP contribution in [0.5, 0.6) is 5.75 Å². The first-order valence-corrected chi connectivity index (χ1v) is 6.31. The first-order chi connectivity index (χ1) is 8.12. The van der Waals surface area contributed by atoms with Crippen LogP contribution in [0.25, 0.3) is 0 Å². The van der Waals surface area contributed by atoms with E-state index in [4.69, 9.17) is 10.7 Å². The Balaban J connectivity index is 3.52. The van der Waals surface area contributed by atoms with Crippen LogP contribution in [-0.4, -0.2) is 20.0 Å². The van der Waals surface area contributed by atoms with Gasteiger partial charge in [-0.3, -0.25) is 10.1 Å². The van der Waals surface area contributed by atoms with E-state index in [2.05, 4.69) is 4.74 Å². The zero-order valence-electron chi connectivity index (χ0n) is 8.14. The van der Waals surface area contributed by atoms with Crippen LogP contribution < -0.4 is 4.74 Å². The maximum atomic E-state index is 13.1. The maximum absolute atomic E-state index is 13.1. The maximum Gasteiger partial charge on any atom is 0.387 e. The Labute approximate surface area is 102 Å². The van der Waals surface area contributed by atoms with E-state index >= 15 is 0 Å². The van der Waals surface area contributed by atoms with Crippen molar-refractivity contribution in [1.29, 1.82) is 0 Å². The molecule has 0 N–H and O–H groups in total. The number of benzene rings is 1. The molecule has 0 fully saturated rings. The average Bonchev–Trinajstić information content (AvgIpc) is 2.13. The van der Waals surface area contributed by atoms with E-state index in [9.17, 15) is 31.7 Å². The smallest absolute Gasteiger partial charge is 0.387 e. The molecule has 0 saturated carbocycles. The number of ether oxygens (including phenoxy) is 1. The third-order valence-corrected chi connectivity index (χ3v) is 3.03. The fourth-order valence-electron chi connectivity index (χ4n) is 1.04. The van der Waals surface area contributed by atoms with Crippen molar-refractivity contribution in [3.63, 3.8) is 0 Å². The Morgan fingerprint density at radius 3 is 2.33 bits per heavy atom. The number of hydrogen-bond acceptors (Lipinski definition) is 5. The van der Waals surface area contributed by atoms with Crippen molar-refractivity contribution in [1.82, 2.24) is 0 Å². The third-order valence-electron chi connectivity index (χ3n) is 1.69. The summed E-state index contributed by atoms with van der Waals surface area (Å²) in [6, 6.07) is 0.356.